The second-order valence-electron chi connectivity index (χ2n) is 11.3. The maximum atomic E-state index is 13.2. The van der Waals surface area contributed by atoms with E-state index in [9.17, 15) is 9.90 Å². The summed E-state index contributed by atoms with van der Waals surface area (Å²) in [7, 11) is 5.77. The Morgan fingerprint density at radius 2 is 1.93 bits per heavy atom. The Balaban J connectivity index is 1.31. The van der Waals surface area contributed by atoms with Crippen molar-refractivity contribution >= 4 is 19.1 Å². The lowest BCUT2D eigenvalue weighted by Crippen LogP contribution is -2.51. The Labute approximate surface area is 176 Å². The molecule has 4 aliphatic carbocycles. The van der Waals surface area contributed by atoms with Crippen molar-refractivity contribution in [1.82, 2.24) is 9.78 Å². The number of hydrogen-bond acceptors (Lipinski definition) is 3. The Morgan fingerprint density at radius 3 is 2.69 bits per heavy atom. The predicted octanol–water partition coefficient (Wildman–Crippen LogP) is 3.27. The third-order valence-corrected chi connectivity index (χ3v) is 9.60. The van der Waals surface area contributed by atoms with Gasteiger partial charge in [-0.1, -0.05) is 12.4 Å². The van der Waals surface area contributed by atoms with Gasteiger partial charge in [0.2, 0.25) is 0 Å². The summed E-state index contributed by atoms with van der Waals surface area (Å²) < 4.78 is 1.71. The molecule has 5 heteroatoms. The van der Waals surface area contributed by atoms with Crippen LogP contribution in [0.25, 0.3) is 0 Å². The zero-order valence-corrected chi connectivity index (χ0v) is 18.0. The van der Waals surface area contributed by atoms with Crippen molar-refractivity contribution in [1.29, 1.82) is 0 Å². The van der Waals surface area contributed by atoms with Crippen LogP contribution in [0, 0.1) is 40.9 Å². The van der Waals surface area contributed by atoms with E-state index in [1.165, 1.54) is 38.5 Å². The van der Waals surface area contributed by atoms with Crippen molar-refractivity contribution in [3.05, 3.63) is 12.4 Å². The summed E-state index contributed by atoms with van der Waals surface area (Å²) in [5.41, 5.74) is 0.332. The minimum absolute atomic E-state index is 0.157. The SMILES string of the molecule is [B]c1cnn(CC(=O)[C@H]2CC[C@H]3[C@@H]4CC[C@@H]5C[C@](C)(O)CC[C@@H]5[C@H]4CC[C@]23C)c1. The van der Waals surface area contributed by atoms with Crippen molar-refractivity contribution in [3.63, 3.8) is 0 Å². The first-order chi connectivity index (χ1) is 13.8. The first kappa shape index (κ1) is 19.8. The zero-order valence-electron chi connectivity index (χ0n) is 18.0. The Morgan fingerprint density at radius 1 is 1.14 bits per heavy atom. The van der Waals surface area contributed by atoms with E-state index in [1.807, 2.05) is 6.92 Å². The highest BCUT2D eigenvalue weighted by Crippen LogP contribution is 2.64. The lowest BCUT2D eigenvalue weighted by atomic mass is 9.49. The number of aromatic nitrogens is 2. The van der Waals surface area contributed by atoms with Gasteiger partial charge in [-0.25, -0.2) is 0 Å². The highest BCUT2D eigenvalue weighted by molar-refractivity contribution is 6.31. The van der Waals surface area contributed by atoms with E-state index in [4.69, 9.17) is 7.85 Å². The second-order valence-corrected chi connectivity index (χ2v) is 11.3. The van der Waals surface area contributed by atoms with Gasteiger partial charge < -0.3 is 5.11 Å². The van der Waals surface area contributed by atoms with Crippen molar-refractivity contribution in [2.75, 3.05) is 0 Å². The van der Waals surface area contributed by atoms with E-state index < -0.39 is 5.60 Å². The molecule has 0 aromatic carbocycles. The molecule has 1 N–H and O–H groups in total. The third kappa shape index (κ3) is 3.32. The van der Waals surface area contributed by atoms with Crippen molar-refractivity contribution in [3.8, 4) is 0 Å². The zero-order chi connectivity index (χ0) is 20.4. The van der Waals surface area contributed by atoms with Crippen LogP contribution in [0.1, 0.15) is 71.6 Å². The van der Waals surface area contributed by atoms with Crippen LogP contribution in [0.3, 0.4) is 0 Å². The molecule has 0 bridgehead atoms. The van der Waals surface area contributed by atoms with Crippen LogP contribution in [0.15, 0.2) is 12.4 Å². The number of fused-ring (bicyclic) bond motifs is 5. The Kier molecular flexibility index (Phi) is 4.77. The number of carbonyl (C=O) groups excluding carboxylic acids is 1. The smallest absolute Gasteiger partial charge is 0.157 e. The molecule has 4 nitrogen and oxygen atoms in total. The number of ketones is 1. The Hall–Kier alpha value is -1.10. The average molecular weight is 394 g/mol. The van der Waals surface area contributed by atoms with Crippen LogP contribution >= 0.6 is 0 Å². The molecule has 8 atom stereocenters. The molecule has 1 aromatic rings. The maximum Gasteiger partial charge on any atom is 0.157 e. The van der Waals surface area contributed by atoms with Crippen LogP contribution in [0.5, 0.6) is 0 Å². The summed E-state index contributed by atoms with van der Waals surface area (Å²) in [6, 6.07) is 0. The molecule has 5 rings (SSSR count). The highest BCUT2D eigenvalue weighted by Gasteiger charge is 2.58. The molecule has 0 saturated heterocycles. The van der Waals surface area contributed by atoms with Gasteiger partial charge in [-0.15, -0.1) is 0 Å². The number of carbonyl (C=O) groups is 1. The van der Waals surface area contributed by atoms with Crippen LogP contribution in [-0.2, 0) is 11.3 Å². The molecule has 156 valence electrons. The Bertz CT molecular complexity index is 790. The fourth-order valence-electron chi connectivity index (χ4n) is 8.35. The summed E-state index contributed by atoms with van der Waals surface area (Å²) in [6.07, 6.45) is 13.9. The topological polar surface area (TPSA) is 55.1 Å². The number of aliphatic hydroxyl groups is 1. The summed E-state index contributed by atoms with van der Waals surface area (Å²) >= 11 is 0. The molecule has 2 radical (unpaired) electrons. The molecule has 0 aliphatic heterocycles. The molecule has 0 unspecified atom stereocenters. The minimum Gasteiger partial charge on any atom is -0.390 e. The third-order valence-electron chi connectivity index (χ3n) is 9.60. The molecular weight excluding hydrogens is 359 g/mol. The first-order valence-electron chi connectivity index (χ1n) is 11.8. The van der Waals surface area contributed by atoms with Gasteiger partial charge >= 0.3 is 0 Å². The van der Waals surface area contributed by atoms with Gasteiger partial charge in [-0.2, -0.15) is 5.10 Å². The molecule has 4 fully saturated rings. The second kappa shape index (κ2) is 6.97. The number of Topliss-reactive ketones (excluding diaryl/α,β-unsaturated/α-hetero) is 1. The molecule has 4 aliphatic rings. The largest absolute Gasteiger partial charge is 0.390 e. The molecular formula is C24H35BN2O2. The number of nitrogens with zero attached hydrogens (tertiary/aromatic N) is 2. The highest BCUT2D eigenvalue weighted by atomic mass is 16.3. The molecule has 29 heavy (non-hydrogen) atoms. The van der Waals surface area contributed by atoms with Gasteiger partial charge in [-0.05, 0) is 99.7 Å². The van der Waals surface area contributed by atoms with E-state index in [0.29, 0.717) is 29.6 Å². The van der Waals surface area contributed by atoms with Crippen LogP contribution in [-0.4, -0.2) is 34.1 Å². The van der Waals surface area contributed by atoms with Gasteiger partial charge in [-0.3, -0.25) is 9.48 Å². The predicted molar refractivity (Wildman–Crippen MR) is 114 cm³/mol. The van der Waals surface area contributed by atoms with E-state index in [1.54, 1.807) is 17.1 Å². The monoisotopic (exact) mass is 394 g/mol. The van der Waals surface area contributed by atoms with E-state index in [-0.39, 0.29) is 11.3 Å². The average Bonchev–Trinajstić information content (AvgIpc) is 3.22. The summed E-state index contributed by atoms with van der Waals surface area (Å²) in [5.74, 6) is 4.34. The van der Waals surface area contributed by atoms with Crippen LogP contribution in [0.2, 0.25) is 0 Å². The standard InChI is InChI=1S/C24H35BN2O2/c1-23(29)9-7-17-15(11-23)3-4-19-18(17)8-10-24(2)20(19)5-6-21(24)22(28)14-27-13-16(25)12-26-27/h12-13,15,17-21,29H,3-11,14H2,1-2H3/t15-,17+,18-,19-,20+,21-,23-,24+/m1/s1. The molecule has 1 aromatic heterocycles. The quantitative estimate of drug-likeness (QED) is 0.801. The summed E-state index contributed by atoms with van der Waals surface area (Å²) in [5, 5.41) is 14.8. The lowest BCUT2D eigenvalue weighted by molar-refractivity contribution is -0.133. The summed E-state index contributed by atoms with van der Waals surface area (Å²) in [4.78, 5) is 13.2. The van der Waals surface area contributed by atoms with Crippen molar-refractivity contribution in [2.45, 2.75) is 83.8 Å². The van der Waals surface area contributed by atoms with Gasteiger partial charge in [0.1, 0.15) is 7.85 Å². The van der Waals surface area contributed by atoms with Crippen molar-refractivity contribution < 1.29 is 9.90 Å². The minimum atomic E-state index is -0.446. The summed E-state index contributed by atoms with van der Waals surface area (Å²) in [6.45, 7) is 4.81. The van der Waals surface area contributed by atoms with Gasteiger partial charge in [0.15, 0.2) is 5.78 Å². The molecule has 4 saturated carbocycles. The van der Waals surface area contributed by atoms with Gasteiger partial charge in [0, 0.05) is 18.3 Å². The van der Waals surface area contributed by atoms with Crippen LogP contribution in [0.4, 0.5) is 0 Å². The van der Waals surface area contributed by atoms with Crippen LogP contribution < -0.4 is 5.46 Å². The number of hydrogen-bond donors (Lipinski definition) is 1. The molecule has 1 heterocycles. The van der Waals surface area contributed by atoms with Crippen molar-refractivity contribution in [2.24, 2.45) is 40.9 Å². The lowest BCUT2D eigenvalue weighted by Gasteiger charge is -2.56. The van der Waals surface area contributed by atoms with Gasteiger partial charge in [0.25, 0.3) is 0 Å². The first-order valence-corrected chi connectivity index (χ1v) is 11.8. The fraction of sp³-hybridized carbons (Fsp3) is 0.833. The fourth-order valence-corrected chi connectivity index (χ4v) is 8.35. The maximum absolute atomic E-state index is 13.2. The normalized spacial score (nSPS) is 46.6. The number of rotatable bonds is 3. The molecule has 0 spiro atoms. The van der Waals surface area contributed by atoms with E-state index >= 15 is 0 Å². The van der Waals surface area contributed by atoms with Gasteiger partial charge in [0.05, 0.1) is 12.1 Å². The molecule has 0 amide bonds. The van der Waals surface area contributed by atoms with E-state index in [0.717, 1.165) is 37.0 Å². The van der Waals surface area contributed by atoms with E-state index in [2.05, 4.69) is 12.0 Å².